The Morgan fingerprint density at radius 2 is 1.71 bits per heavy atom. The number of hydrogen-bond acceptors (Lipinski definition) is 6. The molecule has 0 aromatic rings. The second-order valence-electron chi connectivity index (χ2n) is 5.07. The lowest BCUT2D eigenvalue weighted by molar-refractivity contribution is -0.151. The SMILES string of the molecule is CC(CO)CC(=O)OCCCCC(=O)OC(C)CC(=O)O. The van der Waals surface area contributed by atoms with Gasteiger partial charge in [0, 0.05) is 13.0 Å². The van der Waals surface area contributed by atoms with E-state index in [9.17, 15) is 14.4 Å². The topological polar surface area (TPSA) is 110 Å². The lowest BCUT2D eigenvalue weighted by atomic mass is 10.1. The first kappa shape index (κ1) is 19.4. The van der Waals surface area contributed by atoms with Crippen LogP contribution in [0.4, 0.5) is 0 Å². The van der Waals surface area contributed by atoms with E-state index in [2.05, 4.69) is 0 Å². The van der Waals surface area contributed by atoms with E-state index in [1.165, 1.54) is 6.92 Å². The fourth-order valence-electron chi connectivity index (χ4n) is 1.54. The lowest BCUT2D eigenvalue weighted by Crippen LogP contribution is -2.18. The molecule has 0 aromatic carbocycles. The molecule has 2 N–H and O–H groups in total. The Kier molecular flexibility index (Phi) is 10.2. The summed E-state index contributed by atoms with van der Waals surface area (Å²) in [7, 11) is 0. The third-order valence-corrected chi connectivity index (χ3v) is 2.66. The molecule has 0 aliphatic rings. The predicted octanol–water partition coefficient (Wildman–Crippen LogP) is 1.12. The van der Waals surface area contributed by atoms with Crippen LogP contribution >= 0.6 is 0 Å². The second-order valence-corrected chi connectivity index (χ2v) is 5.07. The van der Waals surface area contributed by atoms with E-state index in [4.69, 9.17) is 19.7 Å². The van der Waals surface area contributed by atoms with Gasteiger partial charge >= 0.3 is 17.9 Å². The van der Waals surface area contributed by atoms with E-state index in [0.29, 0.717) is 12.8 Å². The predicted molar refractivity (Wildman–Crippen MR) is 73.5 cm³/mol. The molecule has 122 valence electrons. The molecule has 0 rings (SSSR count). The maximum Gasteiger partial charge on any atom is 0.307 e. The Balaban J connectivity index is 3.60. The number of carbonyl (C=O) groups is 3. The van der Waals surface area contributed by atoms with E-state index in [1.807, 2.05) is 0 Å². The van der Waals surface area contributed by atoms with Gasteiger partial charge in [0.25, 0.3) is 0 Å². The van der Waals surface area contributed by atoms with Crippen molar-refractivity contribution in [2.45, 2.75) is 52.1 Å². The van der Waals surface area contributed by atoms with E-state index >= 15 is 0 Å². The number of carboxylic acid groups (broad SMARTS) is 1. The smallest absolute Gasteiger partial charge is 0.307 e. The van der Waals surface area contributed by atoms with E-state index in [1.54, 1.807) is 6.92 Å². The number of aliphatic hydroxyl groups excluding tert-OH is 1. The first-order chi connectivity index (χ1) is 9.85. The van der Waals surface area contributed by atoms with Crippen molar-refractivity contribution in [1.29, 1.82) is 0 Å². The van der Waals surface area contributed by atoms with Crippen LogP contribution in [0.1, 0.15) is 46.0 Å². The molecule has 0 heterocycles. The van der Waals surface area contributed by atoms with Crippen molar-refractivity contribution in [3.8, 4) is 0 Å². The van der Waals surface area contributed by atoms with Gasteiger partial charge in [0.2, 0.25) is 0 Å². The molecule has 0 aromatic heterocycles. The summed E-state index contributed by atoms with van der Waals surface area (Å²) in [6, 6.07) is 0. The number of rotatable bonds is 11. The molecule has 0 aliphatic carbocycles. The van der Waals surface area contributed by atoms with Gasteiger partial charge < -0.3 is 19.7 Å². The van der Waals surface area contributed by atoms with Gasteiger partial charge in [-0.1, -0.05) is 6.92 Å². The Bertz CT molecular complexity index is 340. The number of aliphatic hydroxyl groups is 1. The molecule has 0 amide bonds. The van der Waals surface area contributed by atoms with Gasteiger partial charge in [-0.25, -0.2) is 0 Å². The van der Waals surface area contributed by atoms with Crippen LogP contribution in [0.15, 0.2) is 0 Å². The van der Waals surface area contributed by atoms with Crippen molar-refractivity contribution in [3.63, 3.8) is 0 Å². The zero-order chi connectivity index (χ0) is 16.3. The summed E-state index contributed by atoms with van der Waals surface area (Å²) >= 11 is 0. The molecule has 0 aliphatic heterocycles. The van der Waals surface area contributed by atoms with Crippen LogP contribution in [0.25, 0.3) is 0 Å². The highest BCUT2D eigenvalue weighted by atomic mass is 16.5. The van der Waals surface area contributed by atoms with Gasteiger partial charge in [-0.3, -0.25) is 14.4 Å². The average Bonchev–Trinajstić information content (AvgIpc) is 2.36. The molecule has 0 spiro atoms. The number of unbranched alkanes of at least 4 members (excludes halogenated alkanes) is 1. The Labute approximate surface area is 124 Å². The molecule has 0 radical (unpaired) electrons. The number of ether oxygens (including phenoxy) is 2. The minimum absolute atomic E-state index is 0.0601. The van der Waals surface area contributed by atoms with Crippen molar-refractivity contribution in [3.05, 3.63) is 0 Å². The van der Waals surface area contributed by atoms with Crippen molar-refractivity contribution < 1.29 is 34.1 Å². The fourth-order valence-corrected chi connectivity index (χ4v) is 1.54. The zero-order valence-electron chi connectivity index (χ0n) is 12.5. The third kappa shape index (κ3) is 11.9. The Morgan fingerprint density at radius 3 is 2.29 bits per heavy atom. The van der Waals surface area contributed by atoms with Gasteiger partial charge in [0.15, 0.2) is 0 Å². The van der Waals surface area contributed by atoms with Crippen molar-refractivity contribution in [2.75, 3.05) is 13.2 Å². The zero-order valence-corrected chi connectivity index (χ0v) is 12.5. The van der Waals surface area contributed by atoms with Gasteiger partial charge in [-0.2, -0.15) is 0 Å². The summed E-state index contributed by atoms with van der Waals surface area (Å²) in [4.78, 5) is 33.0. The standard InChI is InChI=1S/C14H24O7/c1-10(9-15)7-14(19)20-6-4-3-5-13(18)21-11(2)8-12(16)17/h10-11,15H,3-9H2,1-2H3,(H,16,17). The van der Waals surface area contributed by atoms with Crippen LogP contribution < -0.4 is 0 Å². The second kappa shape index (κ2) is 11.1. The van der Waals surface area contributed by atoms with Crippen LogP contribution in [0.5, 0.6) is 0 Å². The van der Waals surface area contributed by atoms with Crippen LogP contribution in [0.3, 0.4) is 0 Å². The maximum atomic E-state index is 11.4. The van der Waals surface area contributed by atoms with Gasteiger partial charge in [0.1, 0.15) is 6.10 Å². The summed E-state index contributed by atoms with van der Waals surface area (Å²) in [5, 5.41) is 17.3. The molecule has 0 bridgehead atoms. The molecule has 0 saturated carbocycles. The largest absolute Gasteiger partial charge is 0.481 e. The monoisotopic (exact) mass is 304 g/mol. The molecule has 0 fully saturated rings. The summed E-state index contributed by atoms with van der Waals surface area (Å²) in [5.41, 5.74) is 0. The van der Waals surface area contributed by atoms with Crippen LogP contribution in [-0.4, -0.2) is 47.4 Å². The molecule has 2 atom stereocenters. The number of aliphatic carboxylic acids is 1. The van der Waals surface area contributed by atoms with E-state index in [-0.39, 0.29) is 44.4 Å². The van der Waals surface area contributed by atoms with Gasteiger partial charge in [0.05, 0.1) is 19.4 Å². The van der Waals surface area contributed by atoms with Crippen molar-refractivity contribution >= 4 is 17.9 Å². The summed E-state index contributed by atoms with van der Waals surface area (Å²) < 4.78 is 9.85. The average molecular weight is 304 g/mol. The highest BCUT2D eigenvalue weighted by Crippen LogP contribution is 2.05. The quantitative estimate of drug-likeness (QED) is 0.435. The van der Waals surface area contributed by atoms with Crippen molar-refractivity contribution in [1.82, 2.24) is 0 Å². The number of hydrogen-bond donors (Lipinski definition) is 2. The maximum absolute atomic E-state index is 11.4. The lowest BCUT2D eigenvalue weighted by Gasteiger charge is -2.11. The van der Waals surface area contributed by atoms with Crippen molar-refractivity contribution in [2.24, 2.45) is 5.92 Å². The number of carbonyl (C=O) groups excluding carboxylic acids is 2. The first-order valence-electron chi connectivity index (χ1n) is 7.02. The summed E-state index contributed by atoms with van der Waals surface area (Å²) in [6.07, 6.45) is 0.503. The van der Waals surface area contributed by atoms with Crippen LogP contribution in [0.2, 0.25) is 0 Å². The van der Waals surface area contributed by atoms with Crippen LogP contribution in [-0.2, 0) is 23.9 Å². The van der Waals surface area contributed by atoms with E-state index < -0.39 is 18.0 Å². The minimum atomic E-state index is -1.01. The van der Waals surface area contributed by atoms with Gasteiger partial charge in [-0.05, 0) is 25.7 Å². The number of carboxylic acids is 1. The molecular weight excluding hydrogens is 280 g/mol. The highest BCUT2D eigenvalue weighted by molar-refractivity contribution is 5.71. The molecule has 2 unspecified atom stereocenters. The third-order valence-electron chi connectivity index (χ3n) is 2.66. The summed E-state index contributed by atoms with van der Waals surface area (Å²) in [6.45, 7) is 3.43. The molecule has 7 nitrogen and oxygen atoms in total. The normalized spacial score (nSPS) is 13.3. The molecule has 21 heavy (non-hydrogen) atoms. The van der Waals surface area contributed by atoms with Crippen LogP contribution in [0, 0.1) is 5.92 Å². The molecule has 0 saturated heterocycles. The Morgan fingerprint density at radius 1 is 1.05 bits per heavy atom. The minimum Gasteiger partial charge on any atom is -0.481 e. The first-order valence-corrected chi connectivity index (χ1v) is 7.02. The van der Waals surface area contributed by atoms with E-state index in [0.717, 1.165) is 0 Å². The van der Waals surface area contributed by atoms with Gasteiger partial charge in [-0.15, -0.1) is 0 Å². The molecular formula is C14H24O7. The number of esters is 2. The Hall–Kier alpha value is -1.63. The molecule has 7 heteroatoms. The summed E-state index contributed by atoms with van der Waals surface area (Å²) in [5.74, 6) is -1.96. The fraction of sp³-hybridized carbons (Fsp3) is 0.786. The highest BCUT2D eigenvalue weighted by Gasteiger charge is 2.13.